The third kappa shape index (κ3) is 1.76. The third-order valence-corrected chi connectivity index (χ3v) is 3.05. The summed E-state index contributed by atoms with van der Waals surface area (Å²) >= 11 is 3.52. The van der Waals surface area contributed by atoms with Crippen LogP contribution in [0.3, 0.4) is 0 Å². The highest BCUT2D eigenvalue weighted by atomic mass is 79.9. The summed E-state index contributed by atoms with van der Waals surface area (Å²) in [5, 5.41) is 0. The molecule has 1 heterocycles. The van der Waals surface area contributed by atoms with Gasteiger partial charge in [0, 0.05) is 16.9 Å². The van der Waals surface area contributed by atoms with Gasteiger partial charge in [-0.05, 0) is 11.6 Å². The van der Waals surface area contributed by atoms with E-state index in [9.17, 15) is 0 Å². The molecule has 0 amide bonds. The highest BCUT2D eigenvalue weighted by Gasteiger charge is 2.25. The van der Waals surface area contributed by atoms with Crippen LogP contribution in [0.2, 0.25) is 0 Å². The first-order chi connectivity index (χ1) is 6.29. The summed E-state index contributed by atoms with van der Waals surface area (Å²) in [7, 11) is 0. The second-order valence-electron chi connectivity index (χ2n) is 3.18. The maximum Gasteiger partial charge on any atom is 0.0761 e. The van der Waals surface area contributed by atoms with Crippen molar-refractivity contribution < 1.29 is 0 Å². The molecule has 1 aromatic rings. The first-order valence-corrected chi connectivity index (χ1v) is 5.07. The molecule has 1 fully saturated rings. The van der Waals surface area contributed by atoms with Crippen LogP contribution < -0.4 is 16.6 Å². The van der Waals surface area contributed by atoms with Crippen LogP contribution >= 0.6 is 15.9 Å². The normalized spacial score (nSPS) is 27.8. The van der Waals surface area contributed by atoms with E-state index in [2.05, 4.69) is 32.8 Å². The Morgan fingerprint density at radius 1 is 1.38 bits per heavy atom. The Labute approximate surface area is 85.8 Å². The van der Waals surface area contributed by atoms with Gasteiger partial charge < -0.3 is 5.73 Å². The summed E-state index contributed by atoms with van der Waals surface area (Å²) in [6.45, 7) is 0.879. The molecule has 1 aliphatic heterocycles. The van der Waals surface area contributed by atoms with Crippen LogP contribution in [0.25, 0.3) is 0 Å². The fourth-order valence-corrected chi connectivity index (χ4v) is 2.17. The SMILES string of the molecule is NC1NNCC1c1ccccc1Br. The largest absolute Gasteiger partial charge is 0.314 e. The van der Waals surface area contributed by atoms with Crippen molar-refractivity contribution in [3.05, 3.63) is 34.3 Å². The minimum atomic E-state index is -0.00120. The maximum atomic E-state index is 5.89. The molecule has 1 aromatic carbocycles. The van der Waals surface area contributed by atoms with Gasteiger partial charge in [-0.25, -0.2) is 5.43 Å². The first-order valence-electron chi connectivity index (χ1n) is 4.27. The number of nitrogens with two attached hydrogens (primary N) is 1. The quantitative estimate of drug-likeness (QED) is 0.686. The van der Waals surface area contributed by atoms with Crippen molar-refractivity contribution in [2.24, 2.45) is 5.73 Å². The fraction of sp³-hybridized carbons (Fsp3) is 0.333. The second kappa shape index (κ2) is 3.75. The van der Waals surface area contributed by atoms with E-state index in [4.69, 9.17) is 5.73 Å². The lowest BCUT2D eigenvalue weighted by Crippen LogP contribution is -2.38. The van der Waals surface area contributed by atoms with Crippen molar-refractivity contribution in [2.75, 3.05) is 6.54 Å². The average Bonchev–Trinajstić information content (AvgIpc) is 2.52. The minimum Gasteiger partial charge on any atom is -0.314 e. The summed E-state index contributed by atoms with van der Waals surface area (Å²) in [4.78, 5) is 0. The van der Waals surface area contributed by atoms with Gasteiger partial charge in [-0.15, -0.1) is 0 Å². The molecular formula is C9H12BrN3. The first kappa shape index (κ1) is 9.15. The number of nitrogens with one attached hydrogen (secondary N) is 2. The van der Waals surface area contributed by atoms with Gasteiger partial charge in [0.2, 0.25) is 0 Å². The molecule has 0 bridgehead atoms. The van der Waals surface area contributed by atoms with Crippen molar-refractivity contribution in [1.29, 1.82) is 0 Å². The van der Waals surface area contributed by atoms with E-state index >= 15 is 0 Å². The van der Waals surface area contributed by atoms with Crippen molar-refractivity contribution in [1.82, 2.24) is 10.9 Å². The van der Waals surface area contributed by atoms with Crippen molar-refractivity contribution >= 4 is 15.9 Å². The molecule has 3 nitrogen and oxygen atoms in total. The predicted molar refractivity (Wildman–Crippen MR) is 56.0 cm³/mol. The molecule has 0 aromatic heterocycles. The number of benzene rings is 1. The van der Waals surface area contributed by atoms with Gasteiger partial charge in [0.05, 0.1) is 6.17 Å². The number of halogens is 1. The van der Waals surface area contributed by atoms with Crippen LogP contribution in [0.1, 0.15) is 11.5 Å². The second-order valence-corrected chi connectivity index (χ2v) is 4.03. The van der Waals surface area contributed by atoms with Crippen LogP contribution in [0, 0.1) is 0 Å². The Hall–Kier alpha value is -0.420. The van der Waals surface area contributed by atoms with E-state index in [0.29, 0.717) is 5.92 Å². The van der Waals surface area contributed by atoms with Gasteiger partial charge in [-0.1, -0.05) is 34.1 Å². The van der Waals surface area contributed by atoms with Gasteiger partial charge >= 0.3 is 0 Å². The lowest BCUT2D eigenvalue weighted by molar-refractivity contribution is 0.546. The third-order valence-electron chi connectivity index (χ3n) is 2.33. The fourth-order valence-electron chi connectivity index (χ4n) is 1.59. The summed E-state index contributed by atoms with van der Waals surface area (Å²) in [6.07, 6.45) is -0.00120. The molecule has 0 radical (unpaired) electrons. The van der Waals surface area contributed by atoms with E-state index in [0.717, 1.165) is 11.0 Å². The van der Waals surface area contributed by atoms with E-state index in [1.165, 1.54) is 5.56 Å². The number of hydrazine groups is 1. The average molecular weight is 242 g/mol. The van der Waals surface area contributed by atoms with Crippen molar-refractivity contribution in [3.8, 4) is 0 Å². The van der Waals surface area contributed by atoms with Crippen molar-refractivity contribution in [2.45, 2.75) is 12.1 Å². The molecule has 4 heteroatoms. The Balaban J connectivity index is 2.29. The lowest BCUT2D eigenvalue weighted by Gasteiger charge is -2.15. The summed E-state index contributed by atoms with van der Waals surface area (Å²) in [5.41, 5.74) is 13.2. The van der Waals surface area contributed by atoms with Crippen LogP contribution in [0.15, 0.2) is 28.7 Å². The predicted octanol–water partition coefficient (Wildman–Crippen LogP) is 0.925. The highest BCUT2D eigenvalue weighted by molar-refractivity contribution is 9.10. The van der Waals surface area contributed by atoms with Gasteiger partial charge in [-0.2, -0.15) is 0 Å². The van der Waals surface area contributed by atoms with Gasteiger partial charge in [-0.3, -0.25) is 5.43 Å². The van der Waals surface area contributed by atoms with E-state index in [-0.39, 0.29) is 6.17 Å². The van der Waals surface area contributed by atoms with Crippen LogP contribution in [0.5, 0.6) is 0 Å². The molecule has 2 atom stereocenters. The van der Waals surface area contributed by atoms with Gasteiger partial charge in [0.15, 0.2) is 0 Å². The number of hydrogen-bond donors (Lipinski definition) is 3. The van der Waals surface area contributed by atoms with Crippen molar-refractivity contribution in [3.63, 3.8) is 0 Å². The van der Waals surface area contributed by atoms with E-state index < -0.39 is 0 Å². The van der Waals surface area contributed by atoms with Gasteiger partial charge in [0.25, 0.3) is 0 Å². The van der Waals surface area contributed by atoms with Gasteiger partial charge in [0.1, 0.15) is 0 Å². The zero-order chi connectivity index (χ0) is 9.26. The zero-order valence-electron chi connectivity index (χ0n) is 7.13. The lowest BCUT2D eigenvalue weighted by atomic mass is 9.98. The topological polar surface area (TPSA) is 50.1 Å². The zero-order valence-corrected chi connectivity index (χ0v) is 8.71. The van der Waals surface area contributed by atoms with Crippen LogP contribution in [-0.4, -0.2) is 12.7 Å². The highest BCUT2D eigenvalue weighted by Crippen LogP contribution is 2.26. The number of rotatable bonds is 1. The van der Waals surface area contributed by atoms with Crippen LogP contribution in [-0.2, 0) is 0 Å². The molecular weight excluding hydrogens is 230 g/mol. The summed E-state index contributed by atoms with van der Waals surface area (Å²) in [5.74, 6) is 0.343. The summed E-state index contributed by atoms with van der Waals surface area (Å²) in [6, 6.07) is 8.18. The molecule has 1 saturated heterocycles. The molecule has 1 aliphatic rings. The molecule has 0 aliphatic carbocycles. The monoisotopic (exact) mass is 241 g/mol. The standard InChI is InChI=1S/C9H12BrN3/c10-8-4-2-1-3-6(8)7-5-12-13-9(7)11/h1-4,7,9,12-13H,5,11H2. The van der Waals surface area contributed by atoms with E-state index in [1.54, 1.807) is 0 Å². The Kier molecular flexibility index (Phi) is 2.64. The van der Waals surface area contributed by atoms with E-state index in [1.807, 2.05) is 18.2 Å². The molecule has 2 unspecified atom stereocenters. The van der Waals surface area contributed by atoms with Crippen LogP contribution in [0.4, 0.5) is 0 Å². The number of hydrogen-bond acceptors (Lipinski definition) is 3. The summed E-state index contributed by atoms with van der Waals surface area (Å²) < 4.78 is 1.13. The Morgan fingerprint density at radius 3 is 2.77 bits per heavy atom. The Morgan fingerprint density at radius 2 is 2.15 bits per heavy atom. The smallest absolute Gasteiger partial charge is 0.0761 e. The molecule has 0 saturated carbocycles. The molecule has 4 N–H and O–H groups in total. The Bertz CT molecular complexity index is 303. The molecule has 2 rings (SSSR count). The maximum absolute atomic E-state index is 5.89. The minimum absolute atomic E-state index is 0.00120. The molecule has 13 heavy (non-hydrogen) atoms. The molecule has 0 spiro atoms. The molecule has 70 valence electrons.